The van der Waals surface area contributed by atoms with Crippen LogP contribution in [0.1, 0.15) is 31.2 Å². The van der Waals surface area contributed by atoms with Gasteiger partial charge in [-0.3, -0.25) is 14.6 Å². The molecule has 0 bridgehead atoms. The van der Waals surface area contributed by atoms with Crippen LogP contribution in [0.5, 0.6) is 0 Å². The van der Waals surface area contributed by atoms with Gasteiger partial charge in [-0.15, -0.1) is 0 Å². The van der Waals surface area contributed by atoms with Crippen molar-refractivity contribution in [1.82, 2.24) is 10.3 Å². The number of nitrogens with zero attached hydrogens (tertiary/aromatic N) is 2. The van der Waals surface area contributed by atoms with Gasteiger partial charge in [0.2, 0.25) is 11.8 Å². The molecule has 0 saturated heterocycles. The molecule has 3 aromatic rings. The zero-order valence-electron chi connectivity index (χ0n) is 23.9. The minimum absolute atomic E-state index is 0.299. The van der Waals surface area contributed by atoms with Crippen molar-refractivity contribution in [3.05, 3.63) is 72.4 Å². The third-order valence-corrected chi connectivity index (χ3v) is 7.85. The van der Waals surface area contributed by atoms with Crippen molar-refractivity contribution >= 4 is 41.0 Å². The van der Waals surface area contributed by atoms with Gasteiger partial charge in [-0.1, -0.05) is 48.5 Å². The lowest BCUT2D eigenvalue weighted by molar-refractivity contribution is -0.925. The third-order valence-electron chi connectivity index (χ3n) is 7.54. The molecule has 9 nitrogen and oxygen atoms in total. The fourth-order valence-electron chi connectivity index (χ4n) is 5.27. The average molecular weight is 581 g/mol. The summed E-state index contributed by atoms with van der Waals surface area (Å²) in [5, 5.41) is 6.78. The first kappa shape index (κ1) is 32.5. The smallest absolute Gasteiger partial charge is 0.247 e. The van der Waals surface area contributed by atoms with Crippen molar-refractivity contribution in [2.24, 2.45) is 17.2 Å². The number of hydrogen-bond donors (Lipinski definition) is 6. The molecule has 1 heterocycles. The van der Waals surface area contributed by atoms with E-state index in [4.69, 9.17) is 17.2 Å². The molecule has 0 aliphatic rings. The number of para-hydroxylation sites is 1. The van der Waals surface area contributed by atoms with E-state index >= 15 is 0 Å². The first-order chi connectivity index (χ1) is 19.9. The molecule has 41 heavy (non-hydrogen) atoms. The lowest BCUT2D eigenvalue weighted by atomic mass is 10.0. The van der Waals surface area contributed by atoms with Gasteiger partial charge in [0.15, 0.2) is 0 Å². The summed E-state index contributed by atoms with van der Waals surface area (Å²) in [4.78, 5) is 31.0. The molecule has 1 aromatic heterocycles. The number of pyridine rings is 1. The van der Waals surface area contributed by atoms with Crippen LogP contribution in [0, 0.1) is 0 Å². The van der Waals surface area contributed by atoms with Gasteiger partial charge < -0.3 is 32.3 Å². The summed E-state index contributed by atoms with van der Waals surface area (Å²) in [6.07, 6.45) is 4.93. The molecule has 10 heteroatoms. The number of carbonyl (C=O) groups excluding carboxylic acids is 2. The molecule has 222 valence electrons. The van der Waals surface area contributed by atoms with E-state index in [1.54, 1.807) is 6.20 Å². The van der Waals surface area contributed by atoms with Crippen LogP contribution >= 0.6 is 12.6 Å². The van der Waals surface area contributed by atoms with Crippen LogP contribution in [0.3, 0.4) is 0 Å². The molecule has 0 radical (unpaired) electrons. The van der Waals surface area contributed by atoms with Crippen LogP contribution in [0.25, 0.3) is 10.9 Å². The Morgan fingerprint density at radius 3 is 2.27 bits per heavy atom. The highest BCUT2D eigenvalue weighted by atomic mass is 32.1. The number of hydrogen-bond acceptors (Lipinski definition) is 7. The van der Waals surface area contributed by atoms with Crippen LogP contribution in [0.4, 0.5) is 5.69 Å². The Labute approximate surface area is 249 Å². The molecule has 3 rings (SSSR count). The molecule has 8 N–H and O–H groups in total. The number of benzene rings is 2. The molecule has 0 aliphatic heterocycles. The number of rotatable bonds is 18. The van der Waals surface area contributed by atoms with Gasteiger partial charge in [0, 0.05) is 24.9 Å². The predicted octanol–water partition coefficient (Wildman–Crippen LogP) is 2.45. The summed E-state index contributed by atoms with van der Waals surface area (Å²) in [5.74, 6) is 0.173. The molecule has 0 spiro atoms. The second kappa shape index (κ2) is 17.1. The van der Waals surface area contributed by atoms with Crippen LogP contribution in [-0.4, -0.2) is 78.4 Å². The lowest BCUT2D eigenvalue weighted by Gasteiger charge is -2.38. The van der Waals surface area contributed by atoms with Crippen molar-refractivity contribution in [2.45, 2.75) is 44.2 Å². The predicted molar refractivity (Wildman–Crippen MR) is 171 cm³/mol. The van der Waals surface area contributed by atoms with E-state index in [0.29, 0.717) is 38.0 Å². The zero-order valence-corrected chi connectivity index (χ0v) is 24.8. The standard InChI is InChI=1S/C31H45N7O2S/c32-15-19-38(20-16-33,18-7-21-41)17-6-11-27(34)30(39)37-29(14-13-24-8-2-1-3-9-24)31(40)36-26-22-25-10-4-5-12-28(25)35-23-26/h1-5,8-10,12,22-23,27,29H,6-7,11,13-21,32-34H2,(H2-,36,37,39,40,41)/p+1/t27-,29+/m0/s1. The van der Waals surface area contributed by atoms with Crippen molar-refractivity contribution in [1.29, 1.82) is 0 Å². The minimum Gasteiger partial charge on any atom is -0.343 e. The molecule has 2 amide bonds. The highest BCUT2D eigenvalue weighted by Crippen LogP contribution is 2.17. The maximum absolute atomic E-state index is 13.4. The van der Waals surface area contributed by atoms with Crippen LogP contribution in [-0.2, 0) is 16.0 Å². The van der Waals surface area contributed by atoms with E-state index in [9.17, 15) is 9.59 Å². The first-order valence-electron chi connectivity index (χ1n) is 14.5. The van der Waals surface area contributed by atoms with Gasteiger partial charge in [0.05, 0.1) is 49.6 Å². The number of anilines is 1. The fraction of sp³-hybridized carbons (Fsp3) is 0.452. The number of aryl methyl sites for hydroxylation is 1. The topological polar surface area (TPSA) is 149 Å². The van der Waals surface area contributed by atoms with Gasteiger partial charge in [-0.05, 0) is 49.1 Å². The van der Waals surface area contributed by atoms with E-state index in [-0.39, 0.29) is 11.8 Å². The quantitative estimate of drug-likeness (QED) is 0.101. The SMILES string of the molecule is NCC[N+](CCN)(CCCS)CCC[C@H](N)C(=O)N[C@H](CCc1ccccc1)C(=O)Nc1cnc2ccccc2c1. The van der Waals surface area contributed by atoms with E-state index in [1.807, 2.05) is 60.7 Å². The average Bonchev–Trinajstić information content (AvgIpc) is 2.98. The number of carbonyl (C=O) groups is 2. The molecular weight excluding hydrogens is 534 g/mol. The number of amides is 2. The lowest BCUT2D eigenvalue weighted by Crippen LogP contribution is -2.55. The largest absolute Gasteiger partial charge is 0.343 e. The van der Waals surface area contributed by atoms with Gasteiger partial charge in [0.1, 0.15) is 6.04 Å². The number of nitrogens with one attached hydrogen (secondary N) is 2. The summed E-state index contributed by atoms with van der Waals surface area (Å²) in [5.41, 5.74) is 20.7. The summed E-state index contributed by atoms with van der Waals surface area (Å²) in [6.45, 7) is 4.60. The van der Waals surface area contributed by atoms with Gasteiger partial charge in [-0.2, -0.15) is 12.6 Å². The van der Waals surface area contributed by atoms with E-state index in [0.717, 1.165) is 65.7 Å². The number of fused-ring (bicyclic) bond motifs is 1. The fourth-order valence-corrected chi connectivity index (χ4v) is 5.42. The zero-order chi connectivity index (χ0) is 29.5. The Balaban J connectivity index is 1.64. The summed E-state index contributed by atoms with van der Waals surface area (Å²) < 4.78 is 0.809. The summed E-state index contributed by atoms with van der Waals surface area (Å²) in [6, 6.07) is 18.0. The Kier molecular flexibility index (Phi) is 13.5. The number of aromatic nitrogens is 1. The van der Waals surface area contributed by atoms with Gasteiger partial charge in [0.25, 0.3) is 0 Å². The molecule has 0 saturated carbocycles. The van der Waals surface area contributed by atoms with E-state index in [1.165, 1.54) is 0 Å². The van der Waals surface area contributed by atoms with Crippen molar-refractivity contribution in [3.8, 4) is 0 Å². The van der Waals surface area contributed by atoms with Crippen LogP contribution < -0.4 is 27.8 Å². The first-order valence-corrected chi connectivity index (χ1v) is 15.1. The molecule has 2 aromatic carbocycles. The molecule has 2 atom stereocenters. The summed E-state index contributed by atoms with van der Waals surface area (Å²) >= 11 is 4.37. The Hall–Kier alpha value is -3.02. The number of nitrogens with two attached hydrogens (primary N) is 3. The second-order valence-corrected chi connectivity index (χ2v) is 11.1. The maximum Gasteiger partial charge on any atom is 0.247 e. The second-order valence-electron chi connectivity index (χ2n) is 10.6. The third kappa shape index (κ3) is 10.4. The maximum atomic E-state index is 13.4. The highest BCUT2D eigenvalue weighted by Gasteiger charge is 2.27. The van der Waals surface area contributed by atoms with E-state index in [2.05, 4.69) is 28.2 Å². The Bertz CT molecular complexity index is 1220. The van der Waals surface area contributed by atoms with Crippen LogP contribution in [0.2, 0.25) is 0 Å². The molecule has 0 unspecified atom stereocenters. The van der Waals surface area contributed by atoms with Crippen molar-refractivity contribution in [3.63, 3.8) is 0 Å². The molecule has 0 fully saturated rings. The Morgan fingerprint density at radius 1 is 0.878 bits per heavy atom. The normalized spacial score (nSPS) is 13.1. The minimum atomic E-state index is -0.750. The number of thiol groups is 1. The van der Waals surface area contributed by atoms with Gasteiger partial charge in [-0.25, -0.2) is 0 Å². The monoisotopic (exact) mass is 580 g/mol. The Morgan fingerprint density at radius 2 is 1.56 bits per heavy atom. The van der Waals surface area contributed by atoms with Gasteiger partial charge >= 0.3 is 0 Å². The number of quaternary nitrogens is 1. The van der Waals surface area contributed by atoms with Crippen molar-refractivity contribution < 1.29 is 14.1 Å². The van der Waals surface area contributed by atoms with E-state index < -0.39 is 12.1 Å². The molecule has 0 aliphatic carbocycles. The van der Waals surface area contributed by atoms with Crippen molar-refractivity contribution in [2.75, 3.05) is 50.3 Å². The molecular formula is C31H46N7O2S+. The highest BCUT2D eigenvalue weighted by molar-refractivity contribution is 7.80. The van der Waals surface area contributed by atoms with Crippen LogP contribution in [0.15, 0.2) is 66.9 Å². The summed E-state index contributed by atoms with van der Waals surface area (Å²) in [7, 11) is 0.